The van der Waals surface area contributed by atoms with Crippen molar-refractivity contribution in [3.8, 4) is 0 Å². The first-order valence-corrected chi connectivity index (χ1v) is 9.61. The van der Waals surface area contributed by atoms with Crippen LogP contribution >= 0.6 is 0 Å². The van der Waals surface area contributed by atoms with Crippen LogP contribution in [-0.4, -0.2) is 54.0 Å². The summed E-state index contributed by atoms with van der Waals surface area (Å²) in [5.41, 5.74) is 2.92. The molecule has 0 radical (unpaired) electrons. The van der Waals surface area contributed by atoms with Crippen molar-refractivity contribution in [3.63, 3.8) is 0 Å². The molecule has 0 bridgehead atoms. The Kier molecular flexibility index (Phi) is 4.96. The van der Waals surface area contributed by atoms with E-state index in [-0.39, 0.29) is 5.91 Å². The van der Waals surface area contributed by atoms with Gasteiger partial charge in [0.15, 0.2) is 0 Å². The van der Waals surface area contributed by atoms with Crippen molar-refractivity contribution in [2.45, 2.75) is 13.8 Å². The molecule has 1 fully saturated rings. The lowest BCUT2D eigenvalue weighted by Crippen LogP contribution is -2.45. The van der Waals surface area contributed by atoms with E-state index in [1.54, 1.807) is 0 Å². The van der Waals surface area contributed by atoms with E-state index in [0.717, 1.165) is 54.3 Å². The molecule has 1 aromatic heterocycles. The van der Waals surface area contributed by atoms with Gasteiger partial charge in [-0.25, -0.2) is 9.97 Å². The van der Waals surface area contributed by atoms with Gasteiger partial charge in [0.1, 0.15) is 0 Å². The molecular weight excluding hydrogens is 350 g/mol. The highest BCUT2D eigenvalue weighted by molar-refractivity contribution is 6.13. The van der Waals surface area contributed by atoms with E-state index in [9.17, 15) is 4.79 Å². The molecule has 0 unspecified atom stereocenters. The Bertz CT molecular complexity index is 996. The Labute approximate surface area is 165 Å². The van der Waals surface area contributed by atoms with Crippen LogP contribution in [0.15, 0.2) is 42.5 Å². The molecule has 2 heterocycles. The minimum atomic E-state index is -0.140. The average molecular weight is 375 g/mol. The molecule has 1 amide bonds. The van der Waals surface area contributed by atoms with Gasteiger partial charge in [-0.15, -0.1) is 0 Å². The third-order valence-corrected chi connectivity index (χ3v) is 5.32. The number of aromatic nitrogens is 2. The first kappa shape index (κ1) is 18.4. The number of carbonyl (C=O) groups is 1. The molecule has 1 aliphatic rings. The van der Waals surface area contributed by atoms with Crippen LogP contribution in [0.5, 0.6) is 0 Å². The van der Waals surface area contributed by atoms with Crippen LogP contribution in [0, 0.1) is 13.8 Å². The highest BCUT2D eigenvalue weighted by Crippen LogP contribution is 2.24. The normalized spacial score (nSPS) is 15.0. The van der Waals surface area contributed by atoms with E-state index in [4.69, 9.17) is 0 Å². The first-order valence-electron chi connectivity index (χ1n) is 9.61. The summed E-state index contributed by atoms with van der Waals surface area (Å²) in [6.45, 7) is 7.68. The fourth-order valence-electron chi connectivity index (χ4n) is 3.63. The summed E-state index contributed by atoms with van der Waals surface area (Å²) in [6, 6.07) is 13.7. The van der Waals surface area contributed by atoms with Crippen molar-refractivity contribution in [2.75, 3.05) is 43.4 Å². The largest absolute Gasteiger partial charge is 0.338 e. The van der Waals surface area contributed by atoms with Gasteiger partial charge in [-0.2, -0.15) is 0 Å². The molecule has 6 nitrogen and oxygen atoms in total. The molecule has 0 saturated carbocycles. The maximum Gasteiger partial charge on any atom is 0.256 e. The Hall–Kier alpha value is -2.99. The molecule has 1 saturated heterocycles. The van der Waals surface area contributed by atoms with Gasteiger partial charge >= 0.3 is 0 Å². The fraction of sp³-hybridized carbons (Fsp3) is 0.318. The van der Waals surface area contributed by atoms with E-state index in [1.807, 2.05) is 56.3 Å². The third-order valence-electron chi connectivity index (χ3n) is 5.32. The number of hydrogen-bond acceptors (Lipinski definition) is 5. The van der Waals surface area contributed by atoms with Gasteiger partial charge in [0.2, 0.25) is 5.95 Å². The number of carbonyl (C=O) groups excluding carboxylic acids is 1. The molecule has 28 heavy (non-hydrogen) atoms. The molecule has 1 aliphatic heterocycles. The van der Waals surface area contributed by atoms with Gasteiger partial charge in [-0.3, -0.25) is 4.79 Å². The average Bonchev–Trinajstić information content (AvgIpc) is 2.70. The molecule has 0 aliphatic carbocycles. The number of nitrogens with one attached hydrogen (secondary N) is 1. The predicted molar refractivity (Wildman–Crippen MR) is 113 cm³/mol. The highest BCUT2D eigenvalue weighted by atomic mass is 16.1. The van der Waals surface area contributed by atoms with Crippen LogP contribution in [-0.2, 0) is 0 Å². The molecule has 4 rings (SSSR count). The van der Waals surface area contributed by atoms with Gasteiger partial charge in [0.05, 0.1) is 17.1 Å². The fourth-order valence-corrected chi connectivity index (χ4v) is 3.63. The molecule has 0 spiro atoms. The molecule has 3 aromatic rings. The molecule has 2 aromatic carbocycles. The smallest absolute Gasteiger partial charge is 0.256 e. The number of nitrogens with zero attached hydrogens (tertiary/aromatic N) is 4. The van der Waals surface area contributed by atoms with Crippen LogP contribution in [0.25, 0.3) is 10.8 Å². The molecular formula is C22H25N5O. The summed E-state index contributed by atoms with van der Waals surface area (Å²) >= 11 is 0. The summed E-state index contributed by atoms with van der Waals surface area (Å²) in [5.74, 6) is 0.602. The van der Waals surface area contributed by atoms with Crippen molar-refractivity contribution < 1.29 is 4.79 Å². The minimum absolute atomic E-state index is 0.140. The summed E-state index contributed by atoms with van der Waals surface area (Å²) in [4.78, 5) is 26.8. The molecule has 144 valence electrons. The van der Waals surface area contributed by atoms with Crippen molar-refractivity contribution in [1.29, 1.82) is 0 Å². The lowest BCUT2D eigenvalue weighted by molar-refractivity contribution is 0.102. The monoisotopic (exact) mass is 375 g/mol. The number of piperazine rings is 1. The number of anilines is 2. The number of fused-ring (bicyclic) bond motifs is 1. The number of aryl methyl sites for hydroxylation is 2. The third kappa shape index (κ3) is 3.55. The van der Waals surface area contributed by atoms with Crippen LogP contribution in [0.4, 0.5) is 11.6 Å². The van der Waals surface area contributed by atoms with Crippen LogP contribution < -0.4 is 10.2 Å². The predicted octanol–water partition coefficient (Wildman–Crippen LogP) is 3.25. The zero-order valence-electron chi connectivity index (χ0n) is 16.6. The van der Waals surface area contributed by atoms with Crippen molar-refractivity contribution in [3.05, 3.63) is 59.4 Å². The Morgan fingerprint density at radius 3 is 2.29 bits per heavy atom. The van der Waals surface area contributed by atoms with Crippen molar-refractivity contribution in [1.82, 2.24) is 14.9 Å². The van der Waals surface area contributed by atoms with E-state index >= 15 is 0 Å². The summed E-state index contributed by atoms with van der Waals surface area (Å²) < 4.78 is 0. The summed E-state index contributed by atoms with van der Waals surface area (Å²) in [5, 5.41) is 5.02. The second kappa shape index (κ2) is 7.56. The minimum Gasteiger partial charge on any atom is -0.338 e. The Balaban J connectivity index is 1.60. The molecule has 1 N–H and O–H groups in total. The lowest BCUT2D eigenvalue weighted by Gasteiger charge is -2.32. The maximum atomic E-state index is 13.0. The summed E-state index contributed by atoms with van der Waals surface area (Å²) in [6.07, 6.45) is 0. The number of rotatable bonds is 3. The Morgan fingerprint density at radius 1 is 0.929 bits per heavy atom. The highest BCUT2D eigenvalue weighted by Gasteiger charge is 2.20. The summed E-state index contributed by atoms with van der Waals surface area (Å²) in [7, 11) is 2.13. The van der Waals surface area contributed by atoms with Gasteiger partial charge < -0.3 is 15.1 Å². The molecule has 6 heteroatoms. The van der Waals surface area contributed by atoms with Gasteiger partial charge in [0.25, 0.3) is 5.91 Å². The SMILES string of the molecule is Cc1nc(N2CCN(C)CC2)nc(C)c1NC(=O)c1cccc2ccccc12. The maximum absolute atomic E-state index is 13.0. The standard InChI is InChI=1S/C22H25N5O/c1-15-20(16(2)24-22(23-15)27-13-11-26(3)12-14-27)25-21(28)19-10-6-8-17-7-4-5-9-18(17)19/h4-10H,11-14H2,1-3H3,(H,25,28). The van der Waals surface area contributed by atoms with Gasteiger partial charge in [-0.05, 0) is 37.7 Å². The number of likely N-dealkylation sites (N-methyl/N-ethyl adjacent to an activating group) is 1. The van der Waals surface area contributed by atoms with Crippen molar-refractivity contribution in [2.24, 2.45) is 0 Å². The van der Waals surface area contributed by atoms with Gasteiger partial charge in [0, 0.05) is 31.7 Å². The quantitative estimate of drug-likeness (QED) is 0.761. The molecule has 0 atom stereocenters. The van der Waals surface area contributed by atoms with E-state index in [0.29, 0.717) is 11.3 Å². The topological polar surface area (TPSA) is 61.4 Å². The van der Waals surface area contributed by atoms with E-state index < -0.39 is 0 Å². The second-order valence-electron chi connectivity index (χ2n) is 7.34. The van der Waals surface area contributed by atoms with Crippen LogP contribution in [0.1, 0.15) is 21.7 Å². The first-order chi connectivity index (χ1) is 13.5. The zero-order valence-corrected chi connectivity index (χ0v) is 16.6. The Morgan fingerprint density at radius 2 is 1.57 bits per heavy atom. The van der Waals surface area contributed by atoms with Gasteiger partial charge in [-0.1, -0.05) is 36.4 Å². The number of amides is 1. The van der Waals surface area contributed by atoms with E-state index in [1.165, 1.54) is 0 Å². The zero-order chi connectivity index (χ0) is 19.7. The van der Waals surface area contributed by atoms with Crippen molar-refractivity contribution >= 4 is 28.3 Å². The van der Waals surface area contributed by atoms with Crippen LogP contribution in [0.3, 0.4) is 0 Å². The van der Waals surface area contributed by atoms with Crippen LogP contribution in [0.2, 0.25) is 0 Å². The number of benzene rings is 2. The van der Waals surface area contributed by atoms with E-state index in [2.05, 4.69) is 32.1 Å². The lowest BCUT2D eigenvalue weighted by atomic mass is 10.0. The number of hydrogen-bond donors (Lipinski definition) is 1. The second-order valence-corrected chi connectivity index (χ2v) is 7.34.